The summed E-state index contributed by atoms with van der Waals surface area (Å²) in [5.41, 5.74) is -2.42. The van der Waals surface area contributed by atoms with Crippen molar-refractivity contribution in [3.05, 3.63) is 0 Å². The molecule has 0 aromatic rings. The average Bonchev–Trinajstić information content (AvgIpc) is 2.71. The van der Waals surface area contributed by atoms with Crippen molar-refractivity contribution in [2.45, 2.75) is 168 Å². The molecule has 4 nitrogen and oxygen atoms in total. The Morgan fingerprint density at radius 3 is 1.06 bits per heavy atom. The molecule has 1 unspecified atom stereocenters. The molecule has 0 spiro atoms. The van der Waals surface area contributed by atoms with Crippen molar-refractivity contribution in [2.75, 3.05) is 0 Å². The highest BCUT2D eigenvalue weighted by Crippen LogP contribution is 2.34. The van der Waals surface area contributed by atoms with Crippen LogP contribution in [0.25, 0.3) is 0 Å². The third kappa shape index (κ3) is 16.9. The predicted molar refractivity (Wildman–Crippen MR) is 138 cm³/mol. The van der Waals surface area contributed by atoms with Crippen LogP contribution in [0.3, 0.4) is 0 Å². The lowest BCUT2D eigenvalue weighted by Gasteiger charge is -2.41. The third-order valence-corrected chi connectivity index (χ3v) is 6.97. The van der Waals surface area contributed by atoms with Gasteiger partial charge >= 0.3 is 0 Å². The summed E-state index contributed by atoms with van der Waals surface area (Å²) in [7, 11) is 0. The number of rotatable bonds is 22. The molecule has 0 rings (SSSR count). The number of carboxylic acid groups (broad SMARTS) is 1. The first kappa shape index (κ1) is 33.6. The lowest BCUT2D eigenvalue weighted by atomic mass is 9.73. The van der Waals surface area contributed by atoms with Gasteiger partial charge in [-0.3, -0.25) is 0 Å². The molecular formula is C28H59NO3. The van der Waals surface area contributed by atoms with E-state index in [1.54, 1.807) is 20.8 Å². The minimum atomic E-state index is -1.72. The molecule has 0 aromatic heterocycles. The standard InChI is InChI=1S/C28H56O3.H3N/c1-5-6-7-8-9-10-11-12-13-14-15-16-17-18-19-20-21-22-23-24-25-28(31,26(29)30)27(2,3)4;/h31H,5-25H2,1-4H3,(H,29,30);1H3. The molecule has 194 valence electrons. The van der Waals surface area contributed by atoms with E-state index in [2.05, 4.69) is 6.92 Å². The van der Waals surface area contributed by atoms with Crippen LogP contribution in [0.5, 0.6) is 0 Å². The van der Waals surface area contributed by atoms with Crippen LogP contribution in [0.1, 0.15) is 163 Å². The van der Waals surface area contributed by atoms with Gasteiger partial charge in [-0.25, -0.2) is 0 Å². The van der Waals surface area contributed by atoms with Crippen LogP contribution in [0, 0.1) is 5.41 Å². The summed E-state index contributed by atoms with van der Waals surface area (Å²) in [6.07, 6.45) is 26.8. The molecule has 0 amide bonds. The molecule has 0 heterocycles. The van der Waals surface area contributed by atoms with Gasteiger partial charge in [0.2, 0.25) is 0 Å². The van der Waals surface area contributed by atoms with Crippen LogP contribution in [0.4, 0.5) is 0 Å². The molecule has 0 saturated heterocycles. The Kier molecular flexibility index (Phi) is 22.0. The normalized spacial score (nSPS) is 13.5. The van der Waals surface area contributed by atoms with E-state index in [9.17, 15) is 15.0 Å². The Bertz CT molecular complexity index is 419. The first-order valence-electron chi connectivity index (χ1n) is 13.7. The topological polar surface area (TPSA) is 96.9 Å². The summed E-state index contributed by atoms with van der Waals surface area (Å²) >= 11 is 0. The number of carbonyl (C=O) groups excluding carboxylic acids is 1. The monoisotopic (exact) mass is 457 g/mol. The average molecular weight is 458 g/mol. The smallest absolute Gasteiger partial charge is 0.109 e. The number of quaternary nitrogens is 1. The molecule has 0 saturated carbocycles. The predicted octanol–water partition coefficient (Wildman–Crippen LogP) is 8.10. The molecule has 0 bridgehead atoms. The maximum absolute atomic E-state index is 11.3. The molecule has 5 N–H and O–H groups in total. The maximum Gasteiger partial charge on any atom is 0.109 e. The van der Waals surface area contributed by atoms with Crippen molar-refractivity contribution < 1.29 is 15.0 Å². The quantitative estimate of drug-likeness (QED) is 0.161. The van der Waals surface area contributed by atoms with Crippen LogP contribution < -0.4 is 11.3 Å². The van der Waals surface area contributed by atoms with E-state index < -0.39 is 17.0 Å². The number of unbranched alkanes of at least 4 members (excludes halogenated alkanes) is 19. The van der Waals surface area contributed by atoms with Crippen molar-refractivity contribution in [3.63, 3.8) is 0 Å². The second-order valence-corrected chi connectivity index (χ2v) is 10.9. The van der Waals surface area contributed by atoms with Gasteiger partial charge in [-0.2, -0.15) is 0 Å². The largest absolute Gasteiger partial charge is 0.547 e. The lowest BCUT2D eigenvalue weighted by Crippen LogP contribution is -2.56. The van der Waals surface area contributed by atoms with Crippen molar-refractivity contribution >= 4 is 5.97 Å². The molecule has 0 aliphatic heterocycles. The SMILES string of the molecule is CCCCCCCCCCCCCCCCCCCCCCC(O)(C(=O)[O-])C(C)(C)C.[NH4+]. The zero-order valence-corrected chi connectivity index (χ0v) is 22.6. The van der Waals surface area contributed by atoms with Crippen molar-refractivity contribution in [3.8, 4) is 0 Å². The van der Waals surface area contributed by atoms with Crippen molar-refractivity contribution in [1.82, 2.24) is 6.15 Å². The van der Waals surface area contributed by atoms with Gasteiger partial charge < -0.3 is 21.2 Å². The molecular weight excluding hydrogens is 398 g/mol. The number of aliphatic hydroxyl groups is 1. The Morgan fingerprint density at radius 2 is 0.844 bits per heavy atom. The number of aliphatic carboxylic acids is 1. The molecule has 4 heteroatoms. The minimum Gasteiger partial charge on any atom is -0.547 e. The summed E-state index contributed by atoms with van der Waals surface area (Å²) < 4.78 is 0. The molecule has 1 atom stereocenters. The highest BCUT2D eigenvalue weighted by atomic mass is 16.4. The molecule has 0 aliphatic carbocycles. The van der Waals surface area contributed by atoms with Gasteiger partial charge in [0.05, 0.1) is 5.97 Å². The molecule has 0 aromatic carbocycles. The highest BCUT2D eigenvalue weighted by molar-refractivity contribution is 5.76. The molecule has 0 fully saturated rings. The Labute approximate surface area is 200 Å². The molecule has 0 radical (unpaired) electrons. The number of hydrogen-bond acceptors (Lipinski definition) is 3. The zero-order chi connectivity index (χ0) is 23.4. The minimum absolute atomic E-state index is 0. The second-order valence-electron chi connectivity index (χ2n) is 10.9. The summed E-state index contributed by atoms with van der Waals surface area (Å²) in [6, 6.07) is 0. The summed E-state index contributed by atoms with van der Waals surface area (Å²) in [5, 5.41) is 21.8. The van der Waals surface area contributed by atoms with Gasteiger partial charge in [0.1, 0.15) is 5.60 Å². The zero-order valence-electron chi connectivity index (χ0n) is 22.6. The van der Waals surface area contributed by atoms with Crippen LogP contribution >= 0.6 is 0 Å². The highest BCUT2D eigenvalue weighted by Gasteiger charge is 2.40. The van der Waals surface area contributed by atoms with Gasteiger partial charge in [-0.15, -0.1) is 0 Å². The number of carboxylic acids is 1. The van der Waals surface area contributed by atoms with E-state index >= 15 is 0 Å². The molecule has 0 aliphatic rings. The van der Waals surface area contributed by atoms with Gasteiger partial charge in [0, 0.05) is 0 Å². The van der Waals surface area contributed by atoms with Crippen molar-refractivity contribution in [2.24, 2.45) is 5.41 Å². The Balaban J connectivity index is 0. The lowest BCUT2D eigenvalue weighted by molar-refractivity contribution is -0.332. The summed E-state index contributed by atoms with van der Waals surface area (Å²) in [5.74, 6) is -1.34. The third-order valence-electron chi connectivity index (χ3n) is 6.97. The van der Waals surface area contributed by atoms with Gasteiger partial charge in [0.15, 0.2) is 0 Å². The summed E-state index contributed by atoms with van der Waals surface area (Å²) in [4.78, 5) is 11.3. The number of hydrogen-bond donors (Lipinski definition) is 2. The first-order chi connectivity index (χ1) is 14.8. The van der Waals surface area contributed by atoms with E-state index in [-0.39, 0.29) is 12.6 Å². The van der Waals surface area contributed by atoms with Crippen LogP contribution in [-0.2, 0) is 4.79 Å². The Hall–Kier alpha value is -0.610. The number of carbonyl (C=O) groups is 1. The van der Waals surface area contributed by atoms with E-state index in [1.165, 1.54) is 109 Å². The van der Waals surface area contributed by atoms with E-state index in [4.69, 9.17) is 0 Å². The fourth-order valence-corrected chi connectivity index (χ4v) is 4.42. The molecule has 32 heavy (non-hydrogen) atoms. The van der Waals surface area contributed by atoms with Crippen LogP contribution in [0.15, 0.2) is 0 Å². The van der Waals surface area contributed by atoms with Crippen molar-refractivity contribution in [1.29, 1.82) is 0 Å². The summed E-state index contributed by atoms with van der Waals surface area (Å²) in [6.45, 7) is 7.57. The van der Waals surface area contributed by atoms with E-state index in [0.717, 1.165) is 19.3 Å². The Morgan fingerprint density at radius 1 is 0.594 bits per heavy atom. The van der Waals surface area contributed by atoms with Gasteiger partial charge in [-0.1, -0.05) is 156 Å². The van der Waals surface area contributed by atoms with Gasteiger partial charge in [-0.05, 0) is 11.8 Å². The van der Waals surface area contributed by atoms with Crippen LogP contribution in [0.2, 0.25) is 0 Å². The van der Waals surface area contributed by atoms with Crippen LogP contribution in [-0.4, -0.2) is 16.7 Å². The maximum atomic E-state index is 11.3. The fourth-order valence-electron chi connectivity index (χ4n) is 4.42. The van der Waals surface area contributed by atoms with E-state index in [1.807, 2.05) is 0 Å². The van der Waals surface area contributed by atoms with E-state index in [0.29, 0.717) is 0 Å². The fraction of sp³-hybridized carbons (Fsp3) is 0.964. The second kappa shape index (κ2) is 21.0. The van der Waals surface area contributed by atoms with Gasteiger partial charge in [0.25, 0.3) is 0 Å². The first-order valence-corrected chi connectivity index (χ1v) is 13.7.